The molecule has 1 aromatic heterocycles. The summed E-state index contributed by atoms with van der Waals surface area (Å²) in [5.74, 6) is -2.70. The number of carbonyl (C=O) groups excluding carboxylic acids is 4. The number of esters is 2. The molecular weight excluding hydrogens is 646 g/mol. The second-order valence-electron chi connectivity index (χ2n) is 15.2. The van der Waals surface area contributed by atoms with E-state index in [0.717, 1.165) is 35.7 Å². The summed E-state index contributed by atoms with van der Waals surface area (Å²) in [6.45, 7) is 9.92. The fourth-order valence-electron chi connectivity index (χ4n) is 8.51. The molecule has 7 rings (SSSR count). The molecular formula is C37H51N3O10. The summed E-state index contributed by atoms with van der Waals surface area (Å²) in [6, 6.07) is 5.77. The highest BCUT2D eigenvalue weighted by Gasteiger charge is 2.69. The topological polar surface area (TPSA) is 164 Å². The van der Waals surface area contributed by atoms with Crippen molar-refractivity contribution in [1.82, 2.24) is 15.6 Å². The summed E-state index contributed by atoms with van der Waals surface area (Å²) in [5.41, 5.74) is 0.982. The summed E-state index contributed by atoms with van der Waals surface area (Å²) in [5, 5.41) is 6.49. The lowest BCUT2D eigenvalue weighted by molar-refractivity contribution is -0.576. The molecule has 1 saturated carbocycles. The van der Waals surface area contributed by atoms with E-state index in [1.807, 2.05) is 52.0 Å². The SMILES string of the molecule is COC(=O)[C@H](Cc1c[nH]c2ccccc12)NC(=O)[C@H](CC(C)C)NC(=O)CCC(=O)O[C@@H]1O[C@H]2O[C@]3(C)CC[C@H]4[C@H](C)CC[C@H]([C@@H]1C)[C@@]24OO3. The molecule has 2 aromatic rings. The van der Waals surface area contributed by atoms with E-state index in [0.29, 0.717) is 18.8 Å². The van der Waals surface area contributed by atoms with E-state index in [-0.39, 0.29) is 42.9 Å². The molecule has 3 N–H and O–H groups in total. The molecule has 50 heavy (non-hydrogen) atoms. The number of carbonyl (C=O) groups is 4. The average Bonchev–Trinajstić information content (AvgIpc) is 3.35. The molecule has 4 saturated heterocycles. The number of rotatable bonds is 12. The van der Waals surface area contributed by atoms with Crippen LogP contribution in [0.5, 0.6) is 0 Å². The Morgan fingerprint density at radius 2 is 1.78 bits per heavy atom. The number of amides is 2. The Hall–Kier alpha value is -3.52. The van der Waals surface area contributed by atoms with E-state index < -0.39 is 59.8 Å². The van der Waals surface area contributed by atoms with Gasteiger partial charge in [0, 0.05) is 48.2 Å². The predicted octanol–water partition coefficient (Wildman–Crippen LogP) is 4.43. The lowest BCUT2D eigenvalue weighted by atomic mass is 9.58. The van der Waals surface area contributed by atoms with Crippen molar-refractivity contribution in [2.75, 3.05) is 7.11 Å². The third kappa shape index (κ3) is 7.15. The highest BCUT2D eigenvalue weighted by molar-refractivity contribution is 5.92. The first kappa shape index (κ1) is 36.3. The van der Waals surface area contributed by atoms with E-state index in [1.165, 1.54) is 7.11 Å². The van der Waals surface area contributed by atoms with E-state index in [9.17, 15) is 19.2 Å². The van der Waals surface area contributed by atoms with Crippen LogP contribution in [0.15, 0.2) is 30.5 Å². The molecule has 5 aliphatic rings. The lowest BCUT2D eigenvalue weighted by Crippen LogP contribution is -2.70. The smallest absolute Gasteiger partial charge is 0.328 e. The van der Waals surface area contributed by atoms with Crippen molar-refractivity contribution in [3.63, 3.8) is 0 Å². The van der Waals surface area contributed by atoms with Crippen LogP contribution >= 0.6 is 0 Å². The number of aromatic amines is 1. The van der Waals surface area contributed by atoms with E-state index >= 15 is 0 Å². The monoisotopic (exact) mass is 697 g/mol. The average molecular weight is 698 g/mol. The number of H-pyrrole nitrogens is 1. The van der Waals surface area contributed by atoms with Crippen LogP contribution in [0.4, 0.5) is 0 Å². The van der Waals surface area contributed by atoms with Gasteiger partial charge in [-0.3, -0.25) is 14.4 Å². The zero-order valence-electron chi connectivity index (χ0n) is 29.8. The maximum atomic E-state index is 13.5. The van der Waals surface area contributed by atoms with Gasteiger partial charge in [-0.2, -0.15) is 0 Å². The number of fused-ring (bicyclic) bond motifs is 3. The largest absolute Gasteiger partial charge is 0.467 e. The van der Waals surface area contributed by atoms with Gasteiger partial charge in [-0.05, 0) is 62.0 Å². The van der Waals surface area contributed by atoms with Crippen molar-refractivity contribution >= 4 is 34.7 Å². The number of aromatic nitrogens is 1. The van der Waals surface area contributed by atoms with Crippen LogP contribution in [0.2, 0.25) is 0 Å². The number of benzene rings is 1. The zero-order chi connectivity index (χ0) is 35.8. The first-order valence-corrected chi connectivity index (χ1v) is 18.0. The molecule has 5 heterocycles. The van der Waals surface area contributed by atoms with Crippen molar-refractivity contribution in [1.29, 1.82) is 0 Å². The van der Waals surface area contributed by atoms with Crippen LogP contribution in [0.1, 0.15) is 85.1 Å². The van der Waals surface area contributed by atoms with Gasteiger partial charge < -0.3 is 34.6 Å². The molecule has 0 unspecified atom stereocenters. The maximum absolute atomic E-state index is 13.5. The molecule has 0 radical (unpaired) electrons. The Morgan fingerprint density at radius 3 is 2.54 bits per heavy atom. The van der Waals surface area contributed by atoms with Crippen molar-refractivity contribution in [3.05, 3.63) is 36.0 Å². The van der Waals surface area contributed by atoms with Crippen LogP contribution in [-0.2, 0) is 54.3 Å². The van der Waals surface area contributed by atoms with Crippen molar-refractivity contribution < 1.29 is 47.9 Å². The Kier molecular flexibility index (Phi) is 10.6. The zero-order valence-corrected chi connectivity index (χ0v) is 29.8. The number of methoxy groups -OCH3 is 1. The van der Waals surface area contributed by atoms with E-state index in [2.05, 4.69) is 22.5 Å². The molecule has 1 aliphatic carbocycles. The first-order chi connectivity index (χ1) is 23.8. The van der Waals surface area contributed by atoms with Crippen LogP contribution < -0.4 is 10.6 Å². The van der Waals surface area contributed by atoms with Gasteiger partial charge in [0.1, 0.15) is 12.1 Å². The summed E-state index contributed by atoms with van der Waals surface area (Å²) in [4.78, 5) is 67.7. The molecule has 274 valence electrons. The molecule has 1 aromatic carbocycles. The number of hydrogen-bond acceptors (Lipinski definition) is 10. The molecule has 13 nitrogen and oxygen atoms in total. The summed E-state index contributed by atoms with van der Waals surface area (Å²) < 4.78 is 23.5. The first-order valence-electron chi connectivity index (χ1n) is 18.0. The van der Waals surface area contributed by atoms with Gasteiger partial charge >= 0.3 is 11.9 Å². The number of ether oxygens (including phenoxy) is 4. The quantitative estimate of drug-likeness (QED) is 0.214. The van der Waals surface area contributed by atoms with Gasteiger partial charge in [-0.25, -0.2) is 14.6 Å². The van der Waals surface area contributed by atoms with Gasteiger partial charge in [-0.15, -0.1) is 0 Å². The standard InChI is InChI=1S/C37H51N3O10/c1-20(2)17-28(32(43)40-29(33(44)45-6)18-23-19-38-27-10-8-7-9-24(23)27)39-30(41)13-14-31(42)46-34-22(4)26-12-11-21(3)25-15-16-36(5)48-35(47-34)37(25,26)50-49-36/h7-10,19-22,25-26,28-29,34-35,38H,11-18H2,1-6H3,(H,39,41)(H,40,43)/t21-,22+,25+,26-,28+,29+,34-,35+,36+,37-/m1/s1. The minimum atomic E-state index is -0.972. The fraction of sp³-hybridized carbons (Fsp3) is 0.676. The molecule has 13 heteroatoms. The Bertz CT molecular complexity index is 1580. The number of hydrogen-bond donors (Lipinski definition) is 3. The highest BCUT2D eigenvalue weighted by atomic mass is 17.3. The molecule has 10 atom stereocenters. The molecule has 4 aliphatic heterocycles. The molecule has 2 bridgehead atoms. The Morgan fingerprint density at radius 1 is 1.00 bits per heavy atom. The lowest BCUT2D eigenvalue weighted by Gasteiger charge is -2.59. The van der Waals surface area contributed by atoms with Gasteiger partial charge in [0.05, 0.1) is 13.5 Å². The van der Waals surface area contributed by atoms with Gasteiger partial charge in [0.15, 0.2) is 11.9 Å². The summed E-state index contributed by atoms with van der Waals surface area (Å²) >= 11 is 0. The second-order valence-corrected chi connectivity index (χ2v) is 15.2. The molecule has 1 spiro atoms. The molecule has 2 amide bonds. The van der Waals surface area contributed by atoms with Crippen LogP contribution in [0.25, 0.3) is 10.9 Å². The van der Waals surface area contributed by atoms with Gasteiger partial charge in [0.25, 0.3) is 0 Å². The van der Waals surface area contributed by atoms with Crippen LogP contribution in [0, 0.1) is 29.6 Å². The third-order valence-corrected chi connectivity index (χ3v) is 11.2. The molecule has 5 fully saturated rings. The van der Waals surface area contributed by atoms with Crippen molar-refractivity contribution in [2.24, 2.45) is 29.6 Å². The third-order valence-electron chi connectivity index (χ3n) is 11.2. The Labute approximate surface area is 292 Å². The highest BCUT2D eigenvalue weighted by Crippen LogP contribution is 2.60. The predicted molar refractivity (Wildman–Crippen MR) is 179 cm³/mol. The van der Waals surface area contributed by atoms with E-state index in [4.69, 9.17) is 28.7 Å². The second kappa shape index (κ2) is 14.6. The van der Waals surface area contributed by atoms with Gasteiger partial charge in [-0.1, -0.05) is 45.9 Å². The summed E-state index contributed by atoms with van der Waals surface area (Å²) in [7, 11) is 1.27. The number of nitrogens with one attached hydrogen (secondary N) is 3. The van der Waals surface area contributed by atoms with Crippen LogP contribution in [0.3, 0.4) is 0 Å². The van der Waals surface area contributed by atoms with E-state index in [1.54, 1.807) is 6.20 Å². The normalized spacial score (nSPS) is 32.8. The Balaban J connectivity index is 1.05. The fourth-order valence-corrected chi connectivity index (χ4v) is 8.51. The van der Waals surface area contributed by atoms with Crippen molar-refractivity contribution in [3.8, 4) is 0 Å². The minimum absolute atomic E-state index is 0.00807. The maximum Gasteiger partial charge on any atom is 0.328 e. The minimum Gasteiger partial charge on any atom is -0.467 e. The number of para-hydroxylation sites is 1. The van der Waals surface area contributed by atoms with Gasteiger partial charge in [0.2, 0.25) is 23.9 Å². The van der Waals surface area contributed by atoms with Crippen molar-refractivity contribution in [2.45, 2.75) is 122 Å². The van der Waals surface area contributed by atoms with Crippen LogP contribution in [-0.4, -0.2) is 71.9 Å². The summed E-state index contributed by atoms with van der Waals surface area (Å²) in [6.07, 6.45) is 3.74.